The van der Waals surface area contributed by atoms with Gasteiger partial charge in [-0.3, -0.25) is 9.59 Å². The summed E-state index contributed by atoms with van der Waals surface area (Å²) in [6.45, 7) is 4.87. The largest absolute Gasteiger partial charge is 0.378 e. The van der Waals surface area contributed by atoms with E-state index in [-0.39, 0.29) is 17.4 Å². The average molecular weight is 389 g/mol. The van der Waals surface area contributed by atoms with Gasteiger partial charge in [-0.05, 0) is 43.7 Å². The summed E-state index contributed by atoms with van der Waals surface area (Å²) in [6, 6.07) is 3.77. The molecule has 0 radical (unpaired) electrons. The molecular weight excluding hydrogens is 358 g/mol. The van der Waals surface area contributed by atoms with E-state index in [9.17, 15) is 9.59 Å². The van der Waals surface area contributed by atoms with Gasteiger partial charge in [0, 0.05) is 52.5 Å². The molecule has 3 aliphatic rings. The van der Waals surface area contributed by atoms with Crippen LogP contribution in [-0.2, 0) is 21.3 Å². The minimum absolute atomic E-state index is 0.0946. The summed E-state index contributed by atoms with van der Waals surface area (Å²) in [7, 11) is 1.90. The van der Waals surface area contributed by atoms with E-state index in [4.69, 9.17) is 9.47 Å². The molecule has 154 valence electrons. The van der Waals surface area contributed by atoms with Crippen LogP contribution in [0, 0.1) is 5.92 Å². The molecule has 0 aliphatic carbocycles. The highest BCUT2D eigenvalue weighted by atomic mass is 16.5. The van der Waals surface area contributed by atoms with E-state index >= 15 is 0 Å². The topological polar surface area (TPSA) is 64.0 Å². The molecule has 2 amide bonds. The Hall–Kier alpha value is -1.86. The third-order valence-corrected chi connectivity index (χ3v) is 6.55. The molecule has 1 aromatic heterocycles. The normalized spacial score (nSPS) is 25.1. The van der Waals surface area contributed by atoms with Crippen LogP contribution in [0.1, 0.15) is 42.6 Å². The fourth-order valence-electron chi connectivity index (χ4n) is 4.80. The first-order valence-electron chi connectivity index (χ1n) is 10.5. The van der Waals surface area contributed by atoms with Crippen LogP contribution in [0.25, 0.3) is 0 Å². The molecule has 1 atom stereocenters. The van der Waals surface area contributed by atoms with Gasteiger partial charge in [0.25, 0.3) is 5.91 Å². The first-order chi connectivity index (χ1) is 13.6. The summed E-state index contributed by atoms with van der Waals surface area (Å²) in [5.41, 5.74) is 0.564. The number of aromatic nitrogens is 1. The number of carbonyl (C=O) groups excluding carboxylic acids is 2. The Morgan fingerprint density at radius 3 is 2.54 bits per heavy atom. The summed E-state index contributed by atoms with van der Waals surface area (Å²) in [5, 5.41) is 0. The van der Waals surface area contributed by atoms with Crippen molar-refractivity contribution in [1.29, 1.82) is 0 Å². The lowest BCUT2D eigenvalue weighted by Gasteiger charge is -2.46. The number of ether oxygens (including phenoxy) is 2. The molecular formula is C21H31N3O4. The van der Waals surface area contributed by atoms with Crippen LogP contribution in [0.3, 0.4) is 0 Å². The molecule has 7 nitrogen and oxygen atoms in total. The molecule has 3 aliphatic heterocycles. The second-order valence-electron chi connectivity index (χ2n) is 8.38. The van der Waals surface area contributed by atoms with Crippen molar-refractivity contribution in [3.05, 3.63) is 24.0 Å². The molecule has 4 rings (SSSR count). The van der Waals surface area contributed by atoms with Gasteiger partial charge in [0.1, 0.15) is 5.69 Å². The van der Waals surface area contributed by atoms with Gasteiger partial charge >= 0.3 is 0 Å². The molecule has 1 spiro atoms. The molecule has 0 saturated carbocycles. The molecule has 1 aromatic rings. The third kappa shape index (κ3) is 4.10. The Morgan fingerprint density at radius 2 is 1.86 bits per heavy atom. The number of aryl methyl sites for hydroxylation is 1. The standard InChI is InChI=1S/C21H31N3O4/c1-22-7-2-3-18(22)20(26)24-8-5-21(6-9-24)16-17(4-12-28-21)15-19(25)23-10-13-27-14-11-23/h2-3,7,17H,4-6,8-16H2,1H3. The molecule has 4 heterocycles. The lowest BCUT2D eigenvalue weighted by Crippen LogP contribution is -2.51. The van der Waals surface area contributed by atoms with Gasteiger partial charge in [-0.2, -0.15) is 0 Å². The summed E-state index contributed by atoms with van der Waals surface area (Å²) in [5.74, 6) is 0.720. The fourth-order valence-corrected chi connectivity index (χ4v) is 4.80. The highest BCUT2D eigenvalue weighted by molar-refractivity contribution is 5.92. The number of amides is 2. The van der Waals surface area contributed by atoms with E-state index < -0.39 is 0 Å². The van der Waals surface area contributed by atoms with Crippen molar-refractivity contribution in [1.82, 2.24) is 14.4 Å². The van der Waals surface area contributed by atoms with Crippen molar-refractivity contribution >= 4 is 11.8 Å². The zero-order valence-corrected chi connectivity index (χ0v) is 16.8. The summed E-state index contributed by atoms with van der Waals surface area (Å²) >= 11 is 0. The molecule has 0 aromatic carbocycles. The maximum Gasteiger partial charge on any atom is 0.270 e. The van der Waals surface area contributed by atoms with Crippen LogP contribution in [0.2, 0.25) is 0 Å². The van der Waals surface area contributed by atoms with Gasteiger partial charge in [0.05, 0.1) is 18.8 Å². The monoisotopic (exact) mass is 389 g/mol. The molecule has 0 N–H and O–H groups in total. The molecule has 0 bridgehead atoms. The Morgan fingerprint density at radius 1 is 1.11 bits per heavy atom. The molecule has 3 fully saturated rings. The van der Waals surface area contributed by atoms with E-state index in [0.29, 0.717) is 58.3 Å². The Balaban J connectivity index is 1.31. The quantitative estimate of drug-likeness (QED) is 0.789. The van der Waals surface area contributed by atoms with E-state index in [1.165, 1.54) is 0 Å². The third-order valence-electron chi connectivity index (χ3n) is 6.55. The average Bonchev–Trinajstić information content (AvgIpc) is 3.15. The van der Waals surface area contributed by atoms with Gasteiger partial charge in [0.2, 0.25) is 5.91 Å². The van der Waals surface area contributed by atoms with E-state index in [1.54, 1.807) is 0 Å². The van der Waals surface area contributed by atoms with Crippen LogP contribution in [-0.4, -0.2) is 77.8 Å². The number of morpholine rings is 1. The van der Waals surface area contributed by atoms with Crippen LogP contribution < -0.4 is 0 Å². The number of piperidine rings is 1. The van der Waals surface area contributed by atoms with Crippen molar-refractivity contribution < 1.29 is 19.1 Å². The molecule has 7 heteroatoms. The second kappa shape index (κ2) is 8.25. The van der Waals surface area contributed by atoms with E-state index in [1.807, 2.05) is 39.7 Å². The number of carbonyl (C=O) groups is 2. The van der Waals surface area contributed by atoms with Crippen LogP contribution in [0.4, 0.5) is 0 Å². The van der Waals surface area contributed by atoms with Crippen molar-refractivity contribution in [3.8, 4) is 0 Å². The Bertz CT molecular complexity index is 702. The molecule has 3 saturated heterocycles. The minimum atomic E-state index is -0.167. The fraction of sp³-hybridized carbons (Fsp3) is 0.714. The lowest BCUT2D eigenvalue weighted by atomic mass is 9.78. The molecule has 1 unspecified atom stereocenters. The van der Waals surface area contributed by atoms with Crippen LogP contribution in [0.5, 0.6) is 0 Å². The first-order valence-corrected chi connectivity index (χ1v) is 10.5. The van der Waals surface area contributed by atoms with Crippen molar-refractivity contribution in [2.24, 2.45) is 13.0 Å². The lowest BCUT2D eigenvalue weighted by molar-refractivity contribution is -0.143. The van der Waals surface area contributed by atoms with Gasteiger partial charge in [-0.1, -0.05) is 0 Å². The highest BCUT2D eigenvalue weighted by Crippen LogP contribution is 2.39. The zero-order valence-electron chi connectivity index (χ0n) is 16.8. The SMILES string of the molecule is Cn1cccc1C(=O)N1CCC2(CC1)CC(CC(=O)N1CCOCC1)CCO2. The number of rotatable bonds is 3. The van der Waals surface area contributed by atoms with E-state index in [0.717, 1.165) is 31.4 Å². The maximum atomic E-state index is 12.7. The minimum Gasteiger partial charge on any atom is -0.378 e. The van der Waals surface area contributed by atoms with E-state index in [2.05, 4.69) is 0 Å². The predicted molar refractivity (Wildman–Crippen MR) is 104 cm³/mol. The summed E-state index contributed by atoms with van der Waals surface area (Å²) in [4.78, 5) is 29.2. The predicted octanol–water partition coefficient (Wildman–Crippen LogP) is 1.68. The van der Waals surface area contributed by atoms with Gasteiger partial charge in [0.15, 0.2) is 0 Å². The van der Waals surface area contributed by atoms with Crippen molar-refractivity contribution in [2.75, 3.05) is 46.0 Å². The van der Waals surface area contributed by atoms with Gasteiger partial charge < -0.3 is 23.8 Å². The summed E-state index contributed by atoms with van der Waals surface area (Å²) in [6.07, 6.45) is 6.09. The van der Waals surface area contributed by atoms with Crippen LogP contribution in [0.15, 0.2) is 18.3 Å². The van der Waals surface area contributed by atoms with Crippen LogP contribution >= 0.6 is 0 Å². The van der Waals surface area contributed by atoms with Crippen molar-refractivity contribution in [3.63, 3.8) is 0 Å². The Kier molecular flexibility index (Phi) is 5.73. The smallest absolute Gasteiger partial charge is 0.270 e. The van der Waals surface area contributed by atoms with Gasteiger partial charge in [-0.25, -0.2) is 0 Å². The summed E-state index contributed by atoms with van der Waals surface area (Å²) < 4.78 is 13.4. The zero-order chi connectivity index (χ0) is 19.6. The van der Waals surface area contributed by atoms with Gasteiger partial charge in [-0.15, -0.1) is 0 Å². The second-order valence-corrected chi connectivity index (χ2v) is 8.38. The highest BCUT2D eigenvalue weighted by Gasteiger charge is 2.42. The number of hydrogen-bond donors (Lipinski definition) is 0. The number of nitrogens with zero attached hydrogens (tertiary/aromatic N) is 3. The van der Waals surface area contributed by atoms with Crippen molar-refractivity contribution in [2.45, 2.75) is 37.7 Å². The maximum absolute atomic E-state index is 12.7. The first kappa shape index (κ1) is 19.5. The molecule has 28 heavy (non-hydrogen) atoms. The number of hydrogen-bond acceptors (Lipinski definition) is 4. The Labute approximate surface area is 166 Å². The number of likely N-dealkylation sites (tertiary alicyclic amines) is 1.